The molecular formula is C16H17ClN4. The average molecular weight is 301 g/mol. The van der Waals surface area contributed by atoms with Gasteiger partial charge in [0.1, 0.15) is 5.82 Å². The van der Waals surface area contributed by atoms with Crippen LogP contribution in [0.5, 0.6) is 0 Å². The number of hydrogen-bond donors (Lipinski definition) is 1. The van der Waals surface area contributed by atoms with E-state index in [0.717, 1.165) is 22.5 Å². The molecule has 1 fully saturated rings. The summed E-state index contributed by atoms with van der Waals surface area (Å²) in [6.45, 7) is 0. The van der Waals surface area contributed by atoms with Crippen molar-refractivity contribution in [2.75, 3.05) is 5.32 Å². The third-order valence-corrected chi connectivity index (χ3v) is 4.48. The first-order valence-corrected chi connectivity index (χ1v) is 7.87. The van der Waals surface area contributed by atoms with Crippen molar-refractivity contribution in [1.82, 2.24) is 14.4 Å². The first kappa shape index (κ1) is 12.9. The standard InChI is InChI=1S/C16H17ClN4/c17-11-6-7-13-14(8-11)21-15(9-18-13)19-10-16(21)20-12-4-2-1-3-5-12/h6-10,12,20H,1-5H2. The van der Waals surface area contributed by atoms with E-state index in [-0.39, 0.29) is 0 Å². The van der Waals surface area contributed by atoms with E-state index in [1.165, 1.54) is 32.1 Å². The minimum atomic E-state index is 0.543. The number of benzene rings is 1. The summed E-state index contributed by atoms with van der Waals surface area (Å²) in [6.07, 6.45) is 10.1. The Morgan fingerprint density at radius 1 is 1.10 bits per heavy atom. The molecule has 0 radical (unpaired) electrons. The summed E-state index contributed by atoms with van der Waals surface area (Å²) in [5, 5.41) is 4.36. The molecule has 0 atom stereocenters. The Hall–Kier alpha value is -1.81. The summed E-state index contributed by atoms with van der Waals surface area (Å²) in [4.78, 5) is 8.90. The molecule has 0 bridgehead atoms. The lowest BCUT2D eigenvalue weighted by Gasteiger charge is -2.23. The van der Waals surface area contributed by atoms with E-state index in [1.807, 2.05) is 30.6 Å². The maximum atomic E-state index is 6.15. The van der Waals surface area contributed by atoms with Gasteiger partial charge in [0.15, 0.2) is 5.65 Å². The summed E-state index contributed by atoms with van der Waals surface area (Å²) in [6, 6.07) is 6.31. The number of rotatable bonds is 2. The molecule has 1 saturated carbocycles. The van der Waals surface area contributed by atoms with Gasteiger partial charge >= 0.3 is 0 Å². The van der Waals surface area contributed by atoms with Gasteiger partial charge in [0.05, 0.1) is 23.4 Å². The molecule has 1 aromatic carbocycles. The summed E-state index contributed by atoms with van der Waals surface area (Å²) < 4.78 is 2.11. The molecule has 0 saturated heterocycles. The van der Waals surface area contributed by atoms with E-state index < -0.39 is 0 Å². The van der Waals surface area contributed by atoms with Gasteiger partial charge in [-0.1, -0.05) is 30.9 Å². The highest BCUT2D eigenvalue weighted by Gasteiger charge is 2.16. The Morgan fingerprint density at radius 2 is 1.95 bits per heavy atom. The van der Waals surface area contributed by atoms with Crippen LogP contribution in [0.3, 0.4) is 0 Å². The Morgan fingerprint density at radius 3 is 2.81 bits per heavy atom. The summed E-state index contributed by atoms with van der Waals surface area (Å²) >= 11 is 6.15. The fraction of sp³-hybridized carbons (Fsp3) is 0.375. The van der Waals surface area contributed by atoms with Gasteiger partial charge in [-0.05, 0) is 31.0 Å². The largest absolute Gasteiger partial charge is 0.367 e. The zero-order valence-electron chi connectivity index (χ0n) is 11.7. The molecular weight excluding hydrogens is 284 g/mol. The molecule has 0 amide bonds. The summed E-state index contributed by atoms with van der Waals surface area (Å²) in [5.41, 5.74) is 2.77. The molecule has 0 unspecified atom stereocenters. The van der Waals surface area contributed by atoms with Crippen molar-refractivity contribution in [2.45, 2.75) is 38.1 Å². The highest BCUT2D eigenvalue weighted by Crippen LogP contribution is 2.25. The lowest BCUT2D eigenvalue weighted by Crippen LogP contribution is -2.23. The number of imidazole rings is 1. The van der Waals surface area contributed by atoms with Crippen molar-refractivity contribution in [2.24, 2.45) is 0 Å². The summed E-state index contributed by atoms with van der Waals surface area (Å²) in [7, 11) is 0. The van der Waals surface area contributed by atoms with Gasteiger partial charge in [0, 0.05) is 11.1 Å². The van der Waals surface area contributed by atoms with Crippen molar-refractivity contribution >= 4 is 34.1 Å². The van der Waals surface area contributed by atoms with Gasteiger partial charge < -0.3 is 5.32 Å². The second-order valence-electron chi connectivity index (χ2n) is 5.71. The molecule has 0 spiro atoms. The molecule has 4 nitrogen and oxygen atoms in total. The molecule has 5 heteroatoms. The van der Waals surface area contributed by atoms with Crippen molar-refractivity contribution in [3.05, 3.63) is 35.6 Å². The van der Waals surface area contributed by atoms with E-state index in [0.29, 0.717) is 11.1 Å². The highest BCUT2D eigenvalue weighted by atomic mass is 35.5. The molecule has 1 N–H and O–H groups in total. The van der Waals surface area contributed by atoms with Crippen LogP contribution in [0, 0.1) is 0 Å². The summed E-state index contributed by atoms with van der Waals surface area (Å²) in [5.74, 6) is 1.03. The molecule has 108 valence electrons. The smallest absolute Gasteiger partial charge is 0.157 e. The number of aromatic nitrogens is 3. The number of fused-ring (bicyclic) bond motifs is 3. The number of hydrogen-bond acceptors (Lipinski definition) is 3. The van der Waals surface area contributed by atoms with Crippen LogP contribution in [0.2, 0.25) is 5.02 Å². The van der Waals surface area contributed by atoms with Gasteiger partial charge in [-0.25, -0.2) is 4.98 Å². The quantitative estimate of drug-likeness (QED) is 0.768. The average Bonchev–Trinajstić information content (AvgIpc) is 2.92. The zero-order chi connectivity index (χ0) is 14.2. The minimum absolute atomic E-state index is 0.543. The predicted molar refractivity (Wildman–Crippen MR) is 86.0 cm³/mol. The van der Waals surface area contributed by atoms with Crippen molar-refractivity contribution < 1.29 is 0 Å². The van der Waals surface area contributed by atoms with Gasteiger partial charge in [0.2, 0.25) is 0 Å². The monoisotopic (exact) mass is 300 g/mol. The van der Waals surface area contributed by atoms with Crippen LogP contribution >= 0.6 is 11.6 Å². The molecule has 0 aliphatic heterocycles. The third kappa shape index (κ3) is 2.33. The lowest BCUT2D eigenvalue weighted by atomic mass is 9.96. The van der Waals surface area contributed by atoms with Gasteiger partial charge in [-0.15, -0.1) is 0 Å². The topological polar surface area (TPSA) is 42.2 Å². The second-order valence-corrected chi connectivity index (χ2v) is 6.14. The molecule has 2 heterocycles. The molecule has 21 heavy (non-hydrogen) atoms. The fourth-order valence-corrected chi connectivity index (χ4v) is 3.35. The molecule has 4 rings (SSSR count). The Labute approximate surface area is 128 Å². The molecule has 1 aliphatic rings. The molecule has 2 aromatic heterocycles. The first-order chi connectivity index (χ1) is 10.3. The Kier molecular flexibility index (Phi) is 3.19. The predicted octanol–water partition coefficient (Wildman–Crippen LogP) is 4.28. The van der Waals surface area contributed by atoms with Crippen LogP contribution in [-0.4, -0.2) is 20.4 Å². The normalized spacial score (nSPS) is 16.6. The van der Waals surface area contributed by atoms with Crippen LogP contribution in [-0.2, 0) is 0 Å². The lowest BCUT2D eigenvalue weighted by molar-refractivity contribution is 0.462. The van der Waals surface area contributed by atoms with Crippen LogP contribution in [0.25, 0.3) is 16.7 Å². The Bertz CT molecular complexity index is 789. The molecule has 3 aromatic rings. The SMILES string of the molecule is Clc1ccc2ncc3ncc(NC4CCCCC4)n3c2c1. The second kappa shape index (κ2) is 5.19. The van der Waals surface area contributed by atoms with E-state index >= 15 is 0 Å². The van der Waals surface area contributed by atoms with Crippen LogP contribution < -0.4 is 5.32 Å². The van der Waals surface area contributed by atoms with Crippen LogP contribution in [0.1, 0.15) is 32.1 Å². The maximum Gasteiger partial charge on any atom is 0.157 e. The maximum absolute atomic E-state index is 6.15. The fourth-order valence-electron chi connectivity index (χ4n) is 3.18. The minimum Gasteiger partial charge on any atom is -0.367 e. The number of nitrogens with zero attached hydrogens (tertiary/aromatic N) is 3. The zero-order valence-corrected chi connectivity index (χ0v) is 12.5. The van der Waals surface area contributed by atoms with E-state index in [1.54, 1.807) is 0 Å². The van der Waals surface area contributed by atoms with Crippen molar-refractivity contribution in [1.29, 1.82) is 0 Å². The number of anilines is 1. The third-order valence-electron chi connectivity index (χ3n) is 4.24. The number of halogens is 1. The van der Waals surface area contributed by atoms with Crippen LogP contribution in [0.4, 0.5) is 5.82 Å². The van der Waals surface area contributed by atoms with E-state index in [9.17, 15) is 0 Å². The van der Waals surface area contributed by atoms with E-state index in [4.69, 9.17) is 11.6 Å². The van der Waals surface area contributed by atoms with Crippen LogP contribution in [0.15, 0.2) is 30.6 Å². The Balaban J connectivity index is 1.83. The number of nitrogens with one attached hydrogen (secondary N) is 1. The van der Waals surface area contributed by atoms with Gasteiger partial charge in [-0.2, -0.15) is 0 Å². The highest BCUT2D eigenvalue weighted by molar-refractivity contribution is 6.31. The molecule has 1 aliphatic carbocycles. The first-order valence-electron chi connectivity index (χ1n) is 7.49. The van der Waals surface area contributed by atoms with Gasteiger partial charge in [0.25, 0.3) is 0 Å². The van der Waals surface area contributed by atoms with Gasteiger partial charge in [-0.3, -0.25) is 9.38 Å². The van der Waals surface area contributed by atoms with E-state index in [2.05, 4.69) is 19.7 Å². The van der Waals surface area contributed by atoms with Crippen molar-refractivity contribution in [3.63, 3.8) is 0 Å². The van der Waals surface area contributed by atoms with Crippen molar-refractivity contribution in [3.8, 4) is 0 Å².